The van der Waals surface area contributed by atoms with E-state index in [0.29, 0.717) is 44.1 Å². The summed E-state index contributed by atoms with van der Waals surface area (Å²) in [6.07, 6.45) is 1.73. The highest BCUT2D eigenvalue weighted by atomic mass is 32.1. The lowest BCUT2D eigenvalue weighted by molar-refractivity contribution is -0.121. The summed E-state index contributed by atoms with van der Waals surface area (Å²) in [5.74, 6) is 1.18. The second kappa shape index (κ2) is 7.01. The molecular formula is C12H16N4O2S. The van der Waals surface area contributed by atoms with Crippen LogP contribution < -0.4 is 11.1 Å². The van der Waals surface area contributed by atoms with Gasteiger partial charge in [0.2, 0.25) is 17.6 Å². The maximum atomic E-state index is 11.4. The lowest BCUT2D eigenvalue weighted by Gasteiger charge is -2.01. The third-order valence-corrected chi connectivity index (χ3v) is 3.34. The quantitative estimate of drug-likeness (QED) is 0.794. The van der Waals surface area contributed by atoms with E-state index < -0.39 is 0 Å². The van der Waals surface area contributed by atoms with Crippen molar-refractivity contribution < 1.29 is 9.32 Å². The zero-order valence-electron chi connectivity index (χ0n) is 10.5. The third-order valence-electron chi connectivity index (χ3n) is 2.47. The topological polar surface area (TPSA) is 94.0 Å². The van der Waals surface area contributed by atoms with Crippen molar-refractivity contribution in [1.29, 1.82) is 0 Å². The van der Waals surface area contributed by atoms with Crippen LogP contribution in [0, 0.1) is 0 Å². The van der Waals surface area contributed by atoms with Gasteiger partial charge in [-0.25, -0.2) is 0 Å². The zero-order chi connectivity index (χ0) is 13.5. The fraction of sp³-hybridized carbons (Fsp3) is 0.417. The van der Waals surface area contributed by atoms with Gasteiger partial charge in [-0.05, 0) is 17.9 Å². The fourth-order valence-corrected chi connectivity index (χ4v) is 2.21. The van der Waals surface area contributed by atoms with E-state index >= 15 is 0 Å². The van der Waals surface area contributed by atoms with Crippen LogP contribution >= 0.6 is 11.3 Å². The first kappa shape index (κ1) is 13.7. The Morgan fingerprint density at radius 2 is 2.42 bits per heavy atom. The van der Waals surface area contributed by atoms with Crippen molar-refractivity contribution in [2.24, 2.45) is 5.73 Å². The van der Waals surface area contributed by atoms with Crippen LogP contribution in [0.25, 0.3) is 10.7 Å². The van der Waals surface area contributed by atoms with E-state index in [2.05, 4.69) is 15.5 Å². The Hall–Kier alpha value is -1.73. The molecular weight excluding hydrogens is 264 g/mol. The standard InChI is InChI=1S/C12H16N4O2S/c13-6-7-14-10(17)4-1-5-11-15-12(16-18-11)9-3-2-8-19-9/h2-3,8H,1,4-7,13H2,(H,14,17). The average Bonchev–Trinajstić information content (AvgIpc) is 3.06. The highest BCUT2D eigenvalue weighted by Gasteiger charge is 2.09. The van der Waals surface area contributed by atoms with Gasteiger partial charge < -0.3 is 15.6 Å². The summed E-state index contributed by atoms with van der Waals surface area (Å²) >= 11 is 1.57. The summed E-state index contributed by atoms with van der Waals surface area (Å²) in [6, 6.07) is 3.89. The van der Waals surface area contributed by atoms with Crippen molar-refractivity contribution in [3.63, 3.8) is 0 Å². The van der Waals surface area contributed by atoms with Gasteiger partial charge in [-0.2, -0.15) is 4.98 Å². The van der Waals surface area contributed by atoms with Crippen LogP contribution in [-0.2, 0) is 11.2 Å². The predicted octanol–water partition coefficient (Wildman–Crippen LogP) is 1.20. The van der Waals surface area contributed by atoms with E-state index in [-0.39, 0.29) is 5.91 Å². The van der Waals surface area contributed by atoms with E-state index in [1.54, 1.807) is 11.3 Å². The molecule has 0 saturated carbocycles. The van der Waals surface area contributed by atoms with Gasteiger partial charge in [-0.3, -0.25) is 4.79 Å². The maximum absolute atomic E-state index is 11.4. The Labute approximate surface area is 115 Å². The molecule has 1 amide bonds. The number of amides is 1. The molecule has 102 valence electrons. The number of aromatic nitrogens is 2. The number of carbonyl (C=O) groups excluding carboxylic acids is 1. The van der Waals surface area contributed by atoms with Crippen molar-refractivity contribution in [3.05, 3.63) is 23.4 Å². The van der Waals surface area contributed by atoms with Gasteiger partial charge in [0, 0.05) is 25.9 Å². The largest absolute Gasteiger partial charge is 0.355 e. The van der Waals surface area contributed by atoms with Crippen LogP contribution in [0.5, 0.6) is 0 Å². The molecule has 0 bridgehead atoms. The molecule has 0 fully saturated rings. The molecule has 0 aliphatic heterocycles. The fourth-order valence-electron chi connectivity index (χ4n) is 1.56. The van der Waals surface area contributed by atoms with Gasteiger partial charge in [0.1, 0.15) is 0 Å². The number of hydrogen-bond donors (Lipinski definition) is 2. The first-order chi connectivity index (χ1) is 9.29. The average molecular weight is 280 g/mol. The number of rotatable bonds is 7. The normalized spacial score (nSPS) is 10.6. The molecule has 3 N–H and O–H groups in total. The molecule has 0 saturated heterocycles. The van der Waals surface area contributed by atoms with Crippen LogP contribution in [0.15, 0.2) is 22.0 Å². The van der Waals surface area contributed by atoms with E-state index in [0.717, 1.165) is 4.88 Å². The number of hydrogen-bond acceptors (Lipinski definition) is 6. The summed E-state index contributed by atoms with van der Waals surface area (Å²) in [7, 11) is 0. The number of nitrogens with zero attached hydrogens (tertiary/aromatic N) is 2. The van der Waals surface area contributed by atoms with Crippen LogP contribution in [0.4, 0.5) is 0 Å². The Kier molecular flexibility index (Phi) is 5.05. The zero-order valence-corrected chi connectivity index (χ0v) is 11.3. The van der Waals surface area contributed by atoms with E-state index in [9.17, 15) is 4.79 Å². The molecule has 0 aromatic carbocycles. The van der Waals surface area contributed by atoms with Crippen molar-refractivity contribution in [3.8, 4) is 10.7 Å². The first-order valence-corrected chi connectivity index (χ1v) is 7.01. The van der Waals surface area contributed by atoms with Crippen molar-refractivity contribution in [1.82, 2.24) is 15.5 Å². The molecule has 6 nitrogen and oxygen atoms in total. The molecule has 2 rings (SSSR count). The smallest absolute Gasteiger partial charge is 0.226 e. The summed E-state index contributed by atoms with van der Waals surface area (Å²) in [5.41, 5.74) is 5.30. The maximum Gasteiger partial charge on any atom is 0.226 e. The van der Waals surface area contributed by atoms with Crippen LogP contribution in [0.2, 0.25) is 0 Å². The molecule has 2 aromatic heterocycles. The second-order valence-corrected chi connectivity index (χ2v) is 4.93. The Morgan fingerprint density at radius 3 is 3.16 bits per heavy atom. The SMILES string of the molecule is NCCNC(=O)CCCc1nc(-c2cccs2)no1. The second-order valence-electron chi connectivity index (χ2n) is 3.98. The molecule has 2 aromatic rings. The van der Waals surface area contributed by atoms with Gasteiger partial charge in [-0.15, -0.1) is 11.3 Å². The minimum atomic E-state index is 0.00319. The number of nitrogens with two attached hydrogens (primary N) is 1. The monoisotopic (exact) mass is 280 g/mol. The number of thiophene rings is 1. The molecule has 2 heterocycles. The van der Waals surface area contributed by atoms with Crippen LogP contribution in [0.3, 0.4) is 0 Å². The lowest BCUT2D eigenvalue weighted by atomic mass is 10.2. The lowest BCUT2D eigenvalue weighted by Crippen LogP contribution is -2.28. The van der Waals surface area contributed by atoms with Gasteiger partial charge in [-0.1, -0.05) is 11.2 Å². The van der Waals surface area contributed by atoms with Crippen LogP contribution in [-0.4, -0.2) is 29.1 Å². The van der Waals surface area contributed by atoms with E-state index in [1.165, 1.54) is 0 Å². The van der Waals surface area contributed by atoms with Crippen LogP contribution in [0.1, 0.15) is 18.7 Å². The molecule has 0 unspecified atom stereocenters. The van der Waals surface area contributed by atoms with Gasteiger partial charge in [0.25, 0.3) is 0 Å². The number of aryl methyl sites for hydroxylation is 1. The van der Waals surface area contributed by atoms with Crippen molar-refractivity contribution >= 4 is 17.2 Å². The summed E-state index contributed by atoms with van der Waals surface area (Å²) in [4.78, 5) is 16.6. The Morgan fingerprint density at radius 1 is 1.53 bits per heavy atom. The number of carbonyl (C=O) groups is 1. The predicted molar refractivity (Wildman–Crippen MR) is 72.6 cm³/mol. The minimum absolute atomic E-state index is 0.00319. The molecule has 7 heteroatoms. The number of nitrogens with one attached hydrogen (secondary N) is 1. The molecule has 0 aliphatic carbocycles. The van der Waals surface area contributed by atoms with E-state index in [4.69, 9.17) is 10.3 Å². The van der Waals surface area contributed by atoms with E-state index in [1.807, 2.05) is 17.5 Å². The molecule has 0 spiro atoms. The summed E-state index contributed by atoms with van der Waals surface area (Å²) < 4.78 is 5.15. The molecule has 19 heavy (non-hydrogen) atoms. The van der Waals surface area contributed by atoms with Gasteiger partial charge in [0.05, 0.1) is 4.88 Å². The molecule has 0 aliphatic rings. The summed E-state index contributed by atoms with van der Waals surface area (Å²) in [6.45, 7) is 0.974. The summed E-state index contributed by atoms with van der Waals surface area (Å²) in [5, 5.41) is 8.60. The van der Waals surface area contributed by atoms with Gasteiger partial charge >= 0.3 is 0 Å². The highest BCUT2D eigenvalue weighted by molar-refractivity contribution is 7.13. The first-order valence-electron chi connectivity index (χ1n) is 6.13. The third kappa shape index (κ3) is 4.15. The minimum Gasteiger partial charge on any atom is -0.355 e. The van der Waals surface area contributed by atoms with Gasteiger partial charge in [0.15, 0.2) is 0 Å². The van der Waals surface area contributed by atoms with Crippen molar-refractivity contribution in [2.75, 3.05) is 13.1 Å². The molecule has 0 radical (unpaired) electrons. The Bertz CT molecular complexity index is 510. The Balaban J connectivity index is 1.76. The molecule has 0 atom stereocenters. The van der Waals surface area contributed by atoms with Crippen molar-refractivity contribution in [2.45, 2.75) is 19.3 Å². The highest BCUT2D eigenvalue weighted by Crippen LogP contribution is 2.21.